The molecule has 1 aromatic heterocycles. The van der Waals surface area contributed by atoms with Crippen LogP contribution in [0, 0.1) is 10.1 Å². The van der Waals surface area contributed by atoms with Crippen molar-refractivity contribution in [3.05, 3.63) is 45.0 Å². The maximum Gasteiger partial charge on any atom is 0.311 e. The number of rotatable bonds is 8. The summed E-state index contributed by atoms with van der Waals surface area (Å²) in [5.41, 5.74) is 5.05. The summed E-state index contributed by atoms with van der Waals surface area (Å²) in [5.74, 6) is -0.324. The van der Waals surface area contributed by atoms with Crippen molar-refractivity contribution in [1.82, 2.24) is 4.98 Å². The quantitative estimate of drug-likeness (QED) is 0.312. The van der Waals surface area contributed by atoms with Gasteiger partial charge in [0.15, 0.2) is 0 Å². The molecule has 2 aromatic rings. The van der Waals surface area contributed by atoms with Crippen molar-refractivity contribution in [1.29, 1.82) is 0 Å². The summed E-state index contributed by atoms with van der Waals surface area (Å²) in [6.45, 7) is 3.94. The fourth-order valence-electron chi connectivity index (χ4n) is 2.96. The van der Waals surface area contributed by atoms with Gasteiger partial charge in [-0.3, -0.25) is 20.3 Å². The van der Waals surface area contributed by atoms with E-state index in [1.807, 2.05) is 0 Å². The van der Waals surface area contributed by atoms with E-state index < -0.39 is 4.92 Å². The Labute approximate surface area is 166 Å². The molecule has 1 saturated heterocycles. The number of nitro benzene ring substituents is 1. The lowest BCUT2D eigenvalue weighted by atomic mass is 10.1. The van der Waals surface area contributed by atoms with Crippen LogP contribution in [0.4, 0.5) is 16.5 Å². The van der Waals surface area contributed by atoms with Crippen molar-refractivity contribution in [3.8, 4) is 0 Å². The molecule has 1 N–H and O–H groups in total. The third-order valence-corrected chi connectivity index (χ3v) is 5.01. The van der Waals surface area contributed by atoms with Crippen LogP contribution in [-0.4, -0.2) is 41.8 Å². The van der Waals surface area contributed by atoms with Gasteiger partial charge in [0, 0.05) is 41.9 Å². The van der Waals surface area contributed by atoms with Crippen LogP contribution in [0.1, 0.15) is 31.0 Å². The third kappa shape index (κ3) is 5.03. The van der Waals surface area contributed by atoms with Gasteiger partial charge >= 0.3 is 5.97 Å². The fraction of sp³-hybridized carbons (Fsp3) is 0.389. The lowest BCUT2D eigenvalue weighted by Gasteiger charge is -2.19. The summed E-state index contributed by atoms with van der Waals surface area (Å²) in [7, 11) is 0. The molecule has 2 heterocycles. The number of aromatic nitrogens is 1. The number of hydrazone groups is 1. The maximum absolute atomic E-state index is 11.5. The van der Waals surface area contributed by atoms with Gasteiger partial charge in [-0.2, -0.15) is 5.10 Å². The molecule has 0 atom stereocenters. The summed E-state index contributed by atoms with van der Waals surface area (Å²) in [4.78, 5) is 28.7. The first-order valence-electron chi connectivity index (χ1n) is 8.99. The number of benzene rings is 1. The molecule has 1 aliphatic rings. The van der Waals surface area contributed by atoms with Gasteiger partial charge in [0.2, 0.25) is 5.13 Å². The topological polar surface area (TPSA) is 110 Å². The summed E-state index contributed by atoms with van der Waals surface area (Å²) < 4.78 is 4.90. The van der Waals surface area contributed by atoms with Gasteiger partial charge < -0.3 is 9.64 Å². The van der Waals surface area contributed by atoms with Gasteiger partial charge in [-0.25, -0.2) is 4.98 Å². The van der Waals surface area contributed by atoms with Crippen LogP contribution in [0.15, 0.2) is 28.7 Å². The summed E-state index contributed by atoms with van der Waals surface area (Å²) in [6, 6.07) is 4.80. The van der Waals surface area contributed by atoms with E-state index >= 15 is 0 Å². The van der Waals surface area contributed by atoms with E-state index in [4.69, 9.17) is 4.74 Å². The normalized spacial score (nSPS) is 13.8. The Balaban J connectivity index is 1.71. The summed E-state index contributed by atoms with van der Waals surface area (Å²) in [5, 5.41) is 17.6. The molecule has 3 rings (SSSR count). The van der Waals surface area contributed by atoms with E-state index in [0.29, 0.717) is 23.0 Å². The highest BCUT2D eigenvalue weighted by atomic mass is 32.1. The second kappa shape index (κ2) is 9.27. The Morgan fingerprint density at radius 2 is 2.25 bits per heavy atom. The van der Waals surface area contributed by atoms with Crippen LogP contribution in [0.25, 0.3) is 0 Å². The van der Waals surface area contributed by atoms with Gasteiger partial charge in [0.1, 0.15) is 0 Å². The molecule has 0 amide bonds. The molecule has 1 aromatic carbocycles. The third-order valence-electron chi connectivity index (χ3n) is 4.22. The van der Waals surface area contributed by atoms with E-state index in [9.17, 15) is 14.9 Å². The van der Waals surface area contributed by atoms with E-state index in [-0.39, 0.29) is 18.1 Å². The minimum atomic E-state index is -0.416. The van der Waals surface area contributed by atoms with Crippen molar-refractivity contribution < 1.29 is 14.5 Å². The number of nitrogens with zero attached hydrogens (tertiary/aromatic N) is 4. The number of nitro groups is 1. The molecule has 0 bridgehead atoms. The number of hydrogen-bond acceptors (Lipinski definition) is 9. The molecule has 0 radical (unpaired) electrons. The van der Waals surface area contributed by atoms with Gasteiger partial charge in [0.05, 0.1) is 29.9 Å². The van der Waals surface area contributed by atoms with E-state index in [0.717, 1.165) is 31.6 Å². The van der Waals surface area contributed by atoms with Crippen LogP contribution in [-0.2, 0) is 16.0 Å². The number of anilines is 2. The lowest BCUT2D eigenvalue weighted by Crippen LogP contribution is -2.19. The first kappa shape index (κ1) is 19.7. The number of nitrogens with one attached hydrogen (secondary N) is 1. The summed E-state index contributed by atoms with van der Waals surface area (Å²) in [6.07, 6.45) is 3.88. The molecular weight excluding hydrogens is 382 g/mol. The Bertz CT molecular complexity index is 877. The monoisotopic (exact) mass is 403 g/mol. The van der Waals surface area contributed by atoms with Crippen LogP contribution in [0.2, 0.25) is 0 Å². The molecule has 148 valence electrons. The van der Waals surface area contributed by atoms with Crippen LogP contribution in [0.5, 0.6) is 0 Å². The number of esters is 1. The second-order valence-corrected chi connectivity index (χ2v) is 7.05. The highest BCUT2D eigenvalue weighted by molar-refractivity contribution is 7.13. The fourth-order valence-corrected chi connectivity index (χ4v) is 3.62. The van der Waals surface area contributed by atoms with E-state index in [2.05, 4.69) is 20.4 Å². The van der Waals surface area contributed by atoms with Crippen molar-refractivity contribution in [2.45, 2.75) is 26.2 Å². The SMILES string of the molecule is CCOC(=O)Cc1csc(NN=Cc2cc([N+](=O)[O-])ccc2N2CCCC2)n1. The minimum Gasteiger partial charge on any atom is -0.466 e. The molecule has 0 aliphatic carbocycles. The van der Waals surface area contributed by atoms with E-state index in [1.165, 1.54) is 23.5 Å². The van der Waals surface area contributed by atoms with Gasteiger partial charge in [0.25, 0.3) is 5.69 Å². The molecule has 0 unspecified atom stereocenters. The zero-order valence-corrected chi connectivity index (χ0v) is 16.3. The number of ether oxygens (including phenoxy) is 1. The lowest BCUT2D eigenvalue weighted by molar-refractivity contribution is -0.384. The van der Waals surface area contributed by atoms with Crippen LogP contribution in [0.3, 0.4) is 0 Å². The van der Waals surface area contributed by atoms with E-state index in [1.54, 1.807) is 24.6 Å². The Kier molecular flexibility index (Phi) is 6.53. The van der Waals surface area contributed by atoms with Crippen molar-refractivity contribution in [2.75, 3.05) is 30.0 Å². The second-order valence-electron chi connectivity index (χ2n) is 6.19. The standard InChI is InChI=1S/C18H21N5O4S/c1-2-27-17(24)10-14-12-28-18(20-14)21-19-11-13-9-15(23(25)26)5-6-16(13)22-7-3-4-8-22/h5-6,9,11-12H,2-4,7-8,10H2,1H3,(H,20,21). The molecule has 0 spiro atoms. The van der Waals surface area contributed by atoms with Crippen LogP contribution < -0.4 is 10.3 Å². The predicted octanol–water partition coefficient (Wildman–Crippen LogP) is 3.20. The van der Waals surface area contributed by atoms with Crippen molar-refractivity contribution >= 4 is 40.0 Å². The number of carbonyl (C=O) groups excluding carboxylic acids is 1. The Morgan fingerprint density at radius 3 is 2.96 bits per heavy atom. The molecule has 1 fully saturated rings. The highest BCUT2D eigenvalue weighted by Gasteiger charge is 2.18. The number of thiazole rings is 1. The van der Waals surface area contributed by atoms with Crippen molar-refractivity contribution in [2.24, 2.45) is 5.10 Å². The van der Waals surface area contributed by atoms with Crippen LogP contribution >= 0.6 is 11.3 Å². The molecule has 9 nitrogen and oxygen atoms in total. The molecule has 0 saturated carbocycles. The highest BCUT2D eigenvalue weighted by Crippen LogP contribution is 2.27. The Hall–Kier alpha value is -3.01. The molecule has 28 heavy (non-hydrogen) atoms. The average molecular weight is 403 g/mol. The molecule has 10 heteroatoms. The number of hydrogen-bond donors (Lipinski definition) is 1. The Morgan fingerprint density at radius 1 is 1.46 bits per heavy atom. The smallest absolute Gasteiger partial charge is 0.311 e. The zero-order chi connectivity index (χ0) is 19.9. The average Bonchev–Trinajstić information content (AvgIpc) is 3.34. The van der Waals surface area contributed by atoms with Gasteiger partial charge in [-0.15, -0.1) is 11.3 Å². The number of carbonyl (C=O) groups is 1. The first-order chi connectivity index (χ1) is 13.6. The minimum absolute atomic E-state index is 0.0235. The largest absolute Gasteiger partial charge is 0.466 e. The maximum atomic E-state index is 11.5. The van der Waals surface area contributed by atoms with Gasteiger partial charge in [-0.1, -0.05) is 0 Å². The predicted molar refractivity (Wildman–Crippen MR) is 108 cm³/mol. The number of non-ortho nitro benzene ring substituents is 1. The molecular formula is C18H21N5O4S. The summed E-state index contributed by atoms with van der Waals surface area (Å²) >= 11 is 1.32. The zero-order valence-electron chi connectivity index (χ0n) is 15.5. The molecule has 1 aliphatic heterocycles. The van der Waals surface area contributed by atoms with Gasteiger partial charge in [-0.05, 0) is 25.8 Å². The van der Waals surface area contributed by atoms with Crippen molar-refractivity contribution in [3.63, 3.8) is 0 Å². The first-order valence-corrected chi connectivity index (χ1v) is 9.87.